The van der Waals surface area contributed by atoms with Gasteiger partial charge >= 0.3 is 5.63 Å². The molecule has 0 atom stereocenters. The van der Waals surface area contributed by atoms with Crippen LogP contribution in [0.5, 0.6) is 0 Å². The van der Waals surface area contributed by atoms with E-state index in [-0.39, 0.29) is 5.63 Å². The zero-order valence-electron chi connectivity index (χ0n) is 14.5. The summed E-state index contributed by atoms with van der Waals surface area (Å²) in [6.45, 7) is 6.14. The van der Waals surface area contributed by atoms with Crippen LogP contribution in [0.3, 0.4) is 0 Å². The Kier molecular flexibility index (Phi) is 3.88. The highest BCUT2D eigenvalue weighted by Crippen LogP contribution is 2.29. The molecule has 0 saturated carbocycles. The van der Waals surface area contributed by atoms with Crippen LogP contribution in [-0.4, -0.2) is 18.8 Å². The number of fused-ring (bicyclic) bond motifs is 2. The summed E-state index contributed by atoms with van der Waals surface area (Å²) >= 11 is 0. The van der Waals surface area contributed by atoms with Gasteiger partial charge in [0, 0.05) is 30.6 Å². The molecule has 4 rings (SSSR count). The highest BCUT2D eigenvalue weighted by molar-refractivity contribution is 6.07. The number of para-hydroxylation sites is 1. The fourth-order valence-electron chi connectivity index (χ4n) is 3.39. The number of anilines is 1. The quantitative estimate of drug-likeness (QED) is 0.669. The lowest BCUT2D eigenvalue weighted by molar-refractivity contribution is 0.559. The molecule has 0 fully saturated rings. The van der Waals surface area contributed by atoms with Crippen LogP contribution in [0, 0.1) is 0 Å². The highest BCUT2D eigenvalue weighted by Gasteiger charge is 2.19. The zero-order valence-corrected chi connectivity index (χ0v) is 14.5. The van der Waals surface area contributed by atoms with Crippen molar-refractivity contribution in [3.05, 3.63) is 70.1 Å². The van der Waals surface area contributed by atoms with Crippen molar-refractivity contribution >= 4 is 28.1 Å². The monoisotopic (exact) mass is 332 g/mol. The van der Waals surface area contributed by atoms with Gasteiger partial charge < -0.3 is 9.32 Å². The summed E-state index contributed by atoms with van der Waals surface area (Å²) in [7, 11) is 0. The molecule has 1 aliphatic heterocycles. The molecule has 25 heavy (non-hydrogen) atoms. The molecule has 1 aromatic heterocycles. The zero-order chi connectivity index (χ0) is 17.4. The topological polar surface area (TPSA) is 45.8 Å². The van der Waals surface area contributed by atoms with E-state index >= 15 is 0 Å². The standard InChI is InChI=1S/C21H20N2O2/c1-3-23(4-2)16-9-10-20-15(11-16)12-17(21(24)25-20)19-13-14-7-5-6-8-18(14)22-19/h5-12H,3-4,13H2,1-2H3. The summed E-state index contributed by atoms with van der Waals surface area (Å²) in [5.41, 5.74) is 4.85. The molecule has 4 heteroatoms. The molecule has 2 aromatic carbocycles. The molecule has 0 radical (unpaired) electrons. The van der Waals surface area contributed by atoms with E-state index in [1.54, 1.807) is 0 Å². The second-order valence-corrected chi connectivity index (χ2v) is 6.21. The molecule has 0 spiro atoms. The van der Waals surface area contributed by atoms with E-state index in [1.807, 2.05) is 42.5 Å². The summed E-state index contributed by atoms with van der Waals surface area (Å²) in [6, 6.07) is 15.9. The molecule has 1 aliphatic rings. The fraction of sp³-hybridized carbons (Fsp3) is 0.238. The Morgan fingerprint density at radius 3 is 2.64 bits per heavy atom. The Morgan fingerprint density at radius 2 is 1.88 bits per heavy atom. The summed E-state index contributed by atoms with van der Waals surface area (Å²) < 4.78 is 5.55. The second-order valence-electron chi connectivity index (χ2n) is 6.21. The van der Waals surface area contributed by atoms with Crippen molar-refractivity contribution in [1.29, 1.82) is 0 Å². The van der Waals surface area contributed by atoms with Crippen LogP contribution in [-0.2, 0) is 6.42 Å². The molecule has 0 bridgehead atoms. The van der Waals surface area contributed by atoms with Crippen molar-refractivity contribution < 1.29 is 4.42 Å². The predicted octanol–water partition coefficient (Wildman–Crippen LogP) is 4.32. The van der Waals surface area contributed by atoms with Gasteiger partial charge in [-0.05, 0) is 49.7 Å². The Hall–Kier alpha value is -2.88. The summed E-state index contributed by atoms with van der Waals surface area (Å²) in [4.78, 5) is 19.3. The molecule has 0 N–H and O–H groups in total. The molecule has 0 unspecified atom stereocenters. The van der Waals surface area contributed by atoms with E-state index in [0.717, 1.165) is 41.1 Å². The van der Waals surface area contributed by atoms with E-state index in [9.17, 15) is 4.79 Å². The van der Waals surface area contributed by atoms with E-state index in [4.69, 9.17) is 4.42 Å². The number of rotatable bonds is 4. The Bertz CT molecular complexity index is 1030. The van der Waals surface area contributed by atoms with Gasteiger partial charge in [-0.2, -0.15) is 0 Å². The first kappa shape index (κ1) is 15.6. The van der Waals surface area contributed by atoms with E-state index in [1.165, 1.54) is 0 Å². The maximum Gasteiger partial charge on any atom is 0.345 e. The third kappa shape index (κ3) is 2.74. The van der Waals surface area contributed by atoms with Crippen LogP contribution in [0.4, 0.5) is 11.4 Å². The Labute approximate surface area is 146 Å². The van der Waals surface area contributed by atoms with Gasteiger partial charge in [-0.25, -0.2) is 4.79 Å². The highest BCUT2D eigenvalue weighted by atomic mass is 16.4. The van der Waals surface area contributed by atoms with Crippen molar-refractivity contribution in [3.63, 3.8) is 0 Å². The van der Waals surface area contributed by atoms with Crippen LogP contribution >= 0.6 is 0 Å². The van der Waals surface area contributed by atoms with Crippen LogP contribution < -0.4 is 10.5 Å². The lowest BCUT2D eigenvalue weighted by Crippen LogP contribution is -2.21. The maximum absolute atomic E-state index is 12.4. The number of nitrogens with zero attached hydrogens (tertiary/aromatic N) is 2. The van der Waals surface area contributed by atoms with Gasteiger partial charge in [-0.1, -0.05) is 18.2 Å². The van der Waals surface area contributed by atoms with Crippen molar-refractivity contribution in [1.82, 2.24) is 0 Å². The van der Waals surface area contributed by atoms with Crippen molar-refractivity contribution in [2.45, 2.75) is 20.3 Å². The number of hydrogen-bond acceptors (Lipinski definition) is 4. The molecular weight excluding hydrogens is 312 g/mol. The number of benzene rings is 2. The van der Waals surface area contributed by atoms with Gasteiger partial charge in [0.05, 0.1) is 17.0 Å². The minimum Gasteiger partial charge on any atom is -0.422 e. The van der Waals surface area contributed by atoms with Crippen LogP contribution in [0.25, 0.3) is 11.0 Å². The van der Waals surface area contributed by atoms with Gasteiger partial charge in [0.25, 0.3) is 0 Å². The molecule has 126 valence electrons. The summed E-state index contributed by atoms with van der Waals surface area (Å²) in [5.74, 6) is 0. The normalized spacial score (nSPS) is 13.0. The average molecular weight is 332 g/mol. The Balaban J connectivity index is 1.80. The molecule has 0 amide bonds. The minimum absolute atomic E-state index is 0.324. The van der Waals surface area contributed by atoms with Gasteiger partial charge in [0.15, 0.2) is 0 Å². The third-order valence-electron chi connectivity index (χ3n) is 4.76. The first-order chi connectivity index (χ1) is 12.2. The number of hydrogen-bond donors (Lipinski definition) is 0. The smallest absolute Gasteiger partial charge is 0.345 e. The molecule has 2 heterocycles. The molecule has 0 saturated heterocycles. The number of aliphatic imine (C=N–C) groups is 1. The SMILES string of the molecule is CCN(CC)c1ccc2oc(=O)c(C3=Nc4ccccc4C3)cc2c1. The molecule has 0 aliphatic carbocycles. The average Bonchev–Trinajstić information content (AvgIpc) is 3.06. The van der Waals surface area contributed by atoms with Crippen LogP contribution in [0.15, 0.2) is 62.7 Å². The van der Waals surface area contributed by atoms with Crippen molar-refractivity contribution in [2.75, 3.05) is 18.0 Å². The maximum atomic E-state index is 12.4. The lowest BCUT2D eigenvalue weighted by Gasteiger charge is -2.21. The van der Waals surface area contributed by atoms with Crippen molar-refractivity contribution in [3.8, 4) is 0 Å². The van der Waals surface area contributed by atoms with Crippen LogP contribution in [0.2, 0.25) is 0 Å². The first-order valence-electron chi connectivity index (χ1n) is 8.68. The van der Waals surface area contributed by atoms with Gasteiger partial charge in [-0.3, -0.25) is 4.99 Å². The van der Waals surface area contributed by atoms with E-state index in [2.05, 4.69) is 29.8 Å². The summed E-state index contributed by atoms with van der Waals surface area (Å²) in [5, 5.41) is 0.928. The molecular formula is C21H20N2O2. The van der Waals surface area contributed by atoms with Gasteiger partial charge in [0.2, 0.25) is 0 Å². The Morgan fingerprint density at radius 1 is 1.08 bits per heavy atom. The third-order valence-corrected chi connectivity index (χ3v) is 4.76. The molecule has 3 aromatic rings. The fourth-order valence-corrected chi connectivity index (χ4v) is 3.39. The van der Waals surface area contributed by atoms with Gasteiger partial charge in [-0.15, -0.1) is 0 Å². The van der Waals surface area contributed by atoms with Gasteiger partial charge in [0.1, 0.15) is 5.58 Å². The van der Waals surface area contributed by atoms with Crippen LogP contribution in [0.1, 0.15) is 25.0 Å². The summed E-state index contributed by atoms with van der Waals surface area (Å²) in [6.07, 6.45) is 0.669. The molecule has 4 nitrogen and oxygen atoms in total. The lowest BCUT2D eigenvalue weighted by atomic mass is 10.0. The van der Waals surface area contributed by atoms with E-state index < -0.39 is 0 Å². The minimum atomic E-state index is -0.324. The first-order valence-corrected chi connectivity index (χ1v) is 8.68. The second kappa shape index (κ2) is 6.20. The van der Waals surface area contributed by atoms with Crippen molar-refractivity contribution in [2.24, 2.45) is 4.99 Å². The predicted molar refractivity (Wildman–Crippen MR) is 102 cm³/mol. The largest absolute Gasteiger partial charge is 0.422 e. The van der Waals surface area contributed by atoms with E-state index in [0.29, 0.717) is 17.6 Å².